The van der Waals surface area contributed by atoms with E-state index in [0.717, 1.165) is 3.07 Å². The summed E-state index contributed by atoms with van der Waals surface area (Å²) in [6.45, 7) is 0. The fourth-order valence-electron chi connectivity index (χ4n) is 0.759. The van der Waals surface area contributed by atoms with Crippen molar-refractivity contribution >= 4 is 18.8 Å². The Balaban J connectivity index is 3.33. The first-order valence-electron chi connectivity index (χ1n) is 3.15. The molecule has 1 aromatic carbocycles. The van der Waals surface area contributed by atoms with Crippen LogP contribution < -0.4 is 13.9 Å². The molecule has 0 atom stereocenters. The van der Waals surface area contributed by atoms with Crippen LogP contribution in [0.25, 0.3) is 0 Å². The molecule has 0 aliphatic carbocycles. The summed E-state index contributed by atoms with van der Waals surface area (Å²) in [7, 11) is -3.57. The molecule has 0 aliphatic rings. The zero-order chi connectivity index (χ0) is 9.35. The molecule has 60 valence electrons. The molecule has 0 fully saturated rings. The molecule has 12 heavy (non-hydrogen) atoms. The minimum absolute atomic E-state index is 0.140. The van der Waals surface area contributed by atoms with Crippen LogP contribution in [0.3, 0.4) is 0 Å². The third-order valence-corrected chi connectivity index (χ3v) is 4.73. The van der Waals surface area contributed by atoms with Gasteiger partial charge in [-0.25, -0.2) is 0 Å². The van der Waals surface area contributed by atoms with E-state index in [2.05, 4.69) is 0 Å². The SMILES string of the molecule is Nc1ccc(S(N)(=O)=O)c[c]1[Hg+]. The average molecular weight is 372 g/mol. The first kappa shape index (κ1) is 9.95. The summed E-state index contributed by atoms with van der Waals surface area (Å²) < 4.78 is 22.6. The van der Waals surface area contributed by atoms with Crippen LogP contribution >= 0.6 is 0 Å². The van der Waals surface area contributed by atoms with Gasteiger partial charge in [0.15, 0.2) is 0 Å². The number of anilines is 1. The Kier molecular flexibility index (Phi) is 2.75. The second-order valence-electron chi connectivity index (χ2n) is 2.41. The van der Waals surface area contributed by atoms with E-state index >= 15 is 0 Å². The Bertz CT molecular complexity index is 402. The fraction of sp³-hybridized carbons (Fsp3) is 0. The van der Waals surface area contributed by atoms with E-state index in [4.69, 9.17) is 10.9 Å². The van der Waals surface area contributed by atoms with Crippen LogP contribution in [0.2, 0.25) is 0 Å². The predicted molar refractivity (Wildman–Crippen MR) is 41.9 cm³/mol. The van der Waals surface area contributed by atoms with Crippen molar-refractivity contribution in [2.24, 2.45) is 5.14 Å². The molecule has 1 rings (SSSR count). The molecule has 0 unspecified atom stereocenters. The van der Waals surface area contributed by atoms with Gasteiger partial charge in [-0.3, -0.25) is 0 Å². The molecule has 1 aromatic rings. The van der Waals surface area contributed by atoms with Crippen molar-refractivity contribution < 1.29 is 34.5 Å². The first-order valence-corrected chi connectivity index (χ1v) is 7.45. The third-order valence-electron chi connectivity index (χ3n) is 1.44. The maximum atomic E-state index is 10.9. The Morgan fingerprint density at radius 3 is 2.33 bits per heavy atom. The molecule has 4 nitrogen and oxygen atoms in total. The zero-order valence-corrected chi connectivity index (χ0v) is 12.6. The second kappa shape index (κ2) is 3.31. The van der Waals surface area contributed by atoms with Crippen molar-refractivity contribution in [3.63, 3.8) is 0 Å². The van der Waals surface area contributed by atoms with Crippen LogP contribution in [0.15, 0.2) is 23.1 Å². The molecule has 0 aromatic heterocycles. The fourth-order valence-corrected chi connectivity index (χ4v) is 3.21. The summed E-state index contributed by atoms with van der Waals surface area (Å²) in [5, 5.41) is 4.93. The number of primary sulfonamides is 1. The summed E-state index contributed by atoms with van der Waals surface area (Å²) in [6.07, 6.45) is 0. The molecule has 6 heteroatoms. The van der Waals surface area contributed by atoms with Gasteiger partial charge < -0.3 is 0 Å². The molecule has 0 heterocycles. The standard InChI is InChI=1S/C6H7N2O2S.Hg/c7-5-1-3-6(4-2-5)11(8,9)10;/h1,3-4H,7H2,(H2,8,9,10);/q;+1. The summed E-state index contributed by atoms with van der Waals surface area (Å²) in [5.74, 6) is 0. The monoisotopic (exact) mass is 373 g/mol. The molecule has 0 aliphatic heterocycles. The van der Waals surface area contributed by atoms with Gasteiger partial charge in [-0.2, -0.15) is 0 Å². The quantitative estimate of drug-likeness (QED) is 0.495. The predicted octanol–water partition coefficient (Wildman–Crippen LogP) is -0.912. The number of rotatable bonds is 1. The number of sulfonamides is 1. The van der Waals surface area contributed by atoms with E-state index in [1.54, 1.807) is 6.07 Å². The van der Waals surface area contributed by atoms with E-state index in [1.165, 1.54) is 12.1 Å². The van der Waals surface area contributed by atoms with E-state index in [9.17, 15) is 8.42 Å². The molecule has 0 bridgehead atoms. The van der Waals surface area contributed by atoms with Gasteiger partial charge in [-0.1, -0.05) is 0 Å². The Labute approximate surface area is 87.0 Å². The van der Waals surface area contributed by atoms with Gasteiger partial charge in [0.25, 0.3) is 0 Å². The molecule has 4 N–H and O–H groups in total. The van der Waals surface area contributed by atoms with Crippen LogP contribution in [0, 0.1) is 0 Å². The van der Waals surface area contributed by atoms with Crippen molar-refractivity contribution in [2.45, 2.75) is 4.90 Å². The second-order valence-corrected chi connectivity index (χ2v) is 6.93. The van der Waals surface area contributed by atoms with Crippen LogP contribution in [0.5, 0.6) is 0 Å². The van der Waals surface area contributed by atoms with Crippen molar-refractivity contribution in [3.8, 4) is 0 Å². The third kappa shape index (κ3) is 2.18. The van der Waals surface area contributed by atoms with Crippen molar-refractivity contribution in [1.29, 1.82) is 0 Å². The van der Waals surface area contributed by atoms with Crippen LogP contribution in [-0.4, -0.2) is 8.42 Å². The number of nitrogens with two attached hydrogens (primary N) is 2. The topological polar surface area (TPSA) is 86.2 Å². The van der Waals surface area contributed by atoms with Gasteiger partial charge in [0.2, 0.25) is 0 Å². The Morgan fingerprint density at radius 1 is 1.33 bits per heavy atom. The number of nitrogen functional groups attached to an aromatic ring is 1. The van der Waals surface area contributed by atoms with Gasteiger partial charge in [-0.15, -0.1) is 0 Å². The first-order chi connectivity index (χ1) is 5.41. The van der Waals surface area contributed by atoms with Gasteiger partial charge in [0.1, 0.15) is 0 Å². The summed E-state index contributed by atoms with van der Waals surface area (Å²) in [4.78, 5) is 0.140. The van der Waals surface area contributed by atoms with Crippen molar-refractivity contribution in [3.05, 3.63) is 18.2 Å². The molecule has 0 amide bonds. The van der Waals surface area contributed by atoms with E-state index in [-0.39, 0.29) is 4.90 Å². The Hall–Kier alpha value is -0.135. The minimum atomic E-state index is -3.57. The molecular weight excluding hydrogens is 365 g/mol. The van der Waals surface area contributed by atoms with Crippen LogP contribution in [0.1, 0.15) is 0 Å². The summed E-state index contributed by atoms with van der Waals surface area (Å²) in [6, 6.07) is 4.52. The van der Waals surface area contributed by atoms with Gasteiger partial charge in [-0.05, 0) is 0 Å². The number of hydrogen-bond donors (Lipinski definition) is 2. The molecule has 0 saturated heterocycles. The van der Waals surface area contributed by atoms with Gasteiger partial charge >= 0.3 is 87.3 Å². The van der Waals surface area contributed by atoms with E-state index in [1.807, 2.05) is 0 Å². The average Bonchev–Trinajstić information content (AvgIpc) is 1.92. The van der Waals surface area contributed by atoms with E-state index in [0.29, 0.717) is 31.8 Å². The molecule has 0 radical (unpaired) electrons. The van der Waals surface area contributed by atoms with Gasteiger partial charge in [0.05, 0.1) is 0 Å². The number of hydrogen-bond acceptors (Lipinski definition) is 3. The maximum absolute atomic E-state index is 10.9. The van der Waals surface area contributed by atoms with Crippen molar-refractivity contribution in [2.75, 3.05) is 5.73 Å². The molecule has 0 saturated carbocycles. The summed E-state index contributed by atoms with van der Waals surface area (Å²) in [5.41, 5.74) is 6.19. The van der Waals surface area contributed by atoms with Crippen LogP contribution in [-0.2, 0) is 36.1 Å². The molecule has 0 spiro atoms. The molecular formula is C6H7HgN2O2S+. The zero-order valence-electron chi connectivity index (χ0n) is 6.32. The van der Waals surface area contributed by atoms with E-state index < -0.39 is 10.0 Å². The normalized spacial score (nSPS) is 11.6. The van der Waals surface area contributed by atoms with Crippen molar-refractivity contribution in [1.82, 2.24) is 0 Å². The van der Waals surface area contributed by atoms with Gasteiger partial charge in [0, 0.05) is 0 Å². The summed E-state index contributed by atoms with van der Waals surface area (Å²) >= 11 is 0.308. The number of benzene rings is 1. The Morgan fingerprint density at radius 2 is 1.92 bits per heavy atom. The van der Waals surface area contributed by atoms with Crippen LogP contribution in [0.4, 0.5) is 5.69 Å².